The maximum atomic E-state index is 12.0. The van der Waals surface area contributed by atoms with Crippen LogP contribution in [-0.4, -0.2) is 31.8 Å². The van der Waals surface area contributed by atoms with Crippen molar-refractivity contribution in [2.45, 2.75) is 30.5 Å². The van der Waals surface area contributed by atoms with Crippen LogP contribution in [0, 0.1) is 0 Å². The van der Waals surface area contributed by atoms with Gasteiger partial charge in [-0.3, -0.25) is 9.59 Å². The van der Waals surface area contributed by atoms with Gasteiger partial charge in [-0.25, -0.2) is 4.98 Å². The highest BCUT2D eigenvalue weighted by Crippen LogP contribution is 2.25. The van der Waals surface area contributed by atoms with E-state index in [1.54, 1.807) is 23.9 Å². The molecule has 25 heavy (non-hydrogen) atoms. The summed E-state index contributed by atoms with van der Waals surface area (Å²) in [5.41, 5.74) is 0.514. The molecule has 1 amide bonds. The number of para-hydroxylation sites is 1. The number of hydrogen-bond acceptors (Lipinski definition) is 7. The molecule has 130 valence electrons. The van der Waals surface area contributed by atoms with E-state index in [1.807, 2.05) is 19.1 Å². The van der Waals surface area contributed by atoms with Crippen molar-refractivity contribution in [1.29, 1.82) is 0 Å². The molecule has 0 unspecified atom stereocenters. The number of hydrogen-bond donors (Lipinski definition) is 2. The summed E-state index contributed by atoms with van der Waals surface area (Å²) < 4.78 is 0.843. The van der Waals surface area contributed by atoms with Crippen molar-refractivity contribution in [3.8, 4) is 0 Å². The highest BCUT2D eigenvalue weighted by atomic mass is 32.2. The van der Waals surface area contributed by atoms with E-state index in [9.17, 15) is 9.59 Å². The van der Waals surface area contributed by atoms with Crippen LogP contribution < -0.4 is 10.9 Å². The summed E-state index contributed by atoms with van der Waals surface area (Å²) in [6, 6.07) is 7.20. The minimum absolute atomic E-state index is 0.118. The zero-order valence-electron chi connectivity index (χ0n) is 13.6. The third kappa shape index (κ3) is 4.64. The minimum atomic E-state index is -0.153. The molecule has 2 heterocycles. The topological polar surface area (TPSA) is 101 Å². The van der Waals surface area contributed by atoms with Crippen molar-refractivity contribution in [1.82, 2.24) is 20.2 Å². The molecule has 7 nitrogen and oxygen atoms in total. The number of benzene rings is 1. The van der Waals surface area contributed by atoms with E-state index < -0.39 is 0 Å². The fourth-order valence-corrected chi connectivity index (χ4v) is 3.96. The molecule has 0 aliphatic carbocycles. The second-order valence-electron chi connectivity index (χ2n) is 5.24. The van der Waals surface area contributed by atoms with Crippen LogP contribution >= 0.6 is 23.1 Å². The van der Waals surface area contributed by atoms with E-state index in [2.05, 4.69) is 25.5 Å². The average Bonchev–Trinajstić information content (AvgIpc) is 3.02. The Morgan fingerprint density at radius 3 is 3.00 bits per heavy atom. The molecule has 3 aromatic rings. The molecular formula is C16H17N5O2S2. The smallest absolute Gasteiger partial charge is 0.258 e. The van der Waals surface area contributed by atoms with E-state index in [-0.39, 0.29) is 11.5 Å². The van der Waals surface area contributed by atoms with E-state index in [0.717, 1.165) is 10.1 Å². The Bertz CT molecular complexity index is 937. The Hall–Kier alpha value is -2.26. The standard InChI is InChI=1S/C16H17N5O2S2/c1-2-24-16-21-20-15(25-16)19-13(22)9-5-8-12-17-11-7-4-3-6-10(11)14(23)18-12/h3-4,6-7H,2,5,8-9H2,1H3,(H,17,18,23)(H,19,20,22). The number of carbonyl (C=O) groups is 1. The lowest BCUT2D eigenvalue weighted by molar-refractivity contribution is -0.116. The van der Waals surface area contributed by atoms with E-state index in [1.165, 1.54) is 11.3 Å². The molecule has 3 rings (SSSR count). The lowest BCUT2D eigenvalue weighted by atomic mass is 10.2. The molecule has 0 atom stereocenters. The second kappa shape index (κ2) is 8.21. The summed E-state index contributed by atoms with van der Waals surface area (Å²) in [6.07, 6.45) is 1.44. The van der Waals surface area contributed by atoms with Gasteiger partial charge in [0.15, 0.2) is 4.34 Å². The maximum absolute atomic E-state index is 12.0. The average molecular weight is 375 g/mol. The van der Waals surface area contributed by atoms with Gasteiger partial charge in [-0.2, -0.15) is 0 Å². The fourth-order valence-electron chi connectivity index (χ4n) is 2.29. The van der Waals surface area contributed by atoms with Gasteiger partial charge in [-0.15, -0.1) is 10.2 Å². The Labute approximate surface area is 152 Å². The molecule has 0 aliphatic heterocycles. The van der Waals surface area contributed by atoms with Crippen LogP contribution in [0.3, 0.4) is 0 Å². The maximum Gasteiger partial charge on any atom is 0.258 e. The SMILES string of the molecule is CCSc1nnc(NC(=O)CCCc2nc3ccccc3c(=O)[nH]2)s1. The van der Waals surface area contributed by atoms with Crippen LogP contribution in [-0.2, 0) is 11.2 Å². The molecule has 2 N–H and O–H groups in total. The van der Waals surface area contributed by atoms with Crippen molar-refractivity contribution in [2.75, 3.05) is 11.1 Å². The summed E-state index contributed by atoms with van der Waals surface area (Å²) in [4.78, 5) is 31.2. The van der Waals surface area contributed by atoms with Gasteiger partial charge in [0, 0.05) is 12.8 Å². The van der Waals surface area contributed by atoms with Crippen LogP contribution in [0.1, 0.15) is 25.6 Å². The fraction of sp³-hybridized carbons (Fsp3) is 0.312. The molecule has 0 saturated carbocycles. The lowest BCUT2D eigenvalue weighted by Crippen LogP contribution is -2.14. The Balaban J connectivity index is 1.53. The number of H-pyrrole nitrogens is 1. The summed E-state index contributed by atoms with van der Waals surface area (Å²) in [7, 11) is 0. The van der Waals surface area contributed by atoms with Gasteiger partial charge in [-0.05, 0) is 24.3 Å². The van der Waals surface area contributed by atoms with Gasteiger partial charge < -0.3 is 10.3 Å². The number of nitrogens with zero attached hydrogens (tertiary/aromatic N) is 3. The minimum Gasteiger partial charge on any atom is -0.310 e. The van der Waals surface area contributed by atoms with Crippen molar-refractivity contribution in [3.63, 3.8) is 0 Å². The molecule has 0 spiro atoms. The number of amides is 1. The zero-order valence-corrected chi connectivity index (χ0v) is 15.2. The first-order valence-electron chi connectivity index (χ1n) is 7.90. The largest absolute Gasteiger partial charge is 0.310 e. The van der Waals surface area contributed by atoms with Crippen LogP contribution in [0.2, 0.25) is 0 Å². The number of nitrogens with one attached hydrogen (secondary N) is 2. The van der Waals surface area contributed by atoms with Crippen LogP contribution in [0.25, 0.3) is 10.9 Å². The van der Waals surface area contributed by atoms with Crippen LogP contribution in [0.4, 0.5) is 5.13 Å². The number of fused-ring (bicyclic) bond motifs is 1. The number of thioether (sulfide) groups is 1. The molecule has 2 aromatic heterocycles. The third-order valence-corrected chi connectivity index (χ3v) is 5.25. The molecular weight excluding hydrogens is 358 g/mol. The molecule has 1 aromatic carbocycles. The van der Waals surface area contributed by atoms with E-state index >= 15 is 0 Å². The van der Waals surface area contributed by atoms with Gasteiger partial charge in [0.25, 0.3) is 5.56 Å². The van der Waals surface area contributed by atoms with Gasteiger partial charge in [0.2, 0.25) is 11.0 Å². The monoisotopic (exact) mass is 375 g/mol. The lowest BCUT2D eigenvalue weighted by Gasteiger charge is -2.03. The van der Waals surface area contributed by atoms with Crippen molar-refractivity contribution < 1.29 is 4.79 Å². The molecule has 0 radical (unpaired) electrons. The van der Waals surface area contributed by atoms with E-state index in [0.29, 0.717) is 41.1 Å². The van der Waals surface area contributed by atoms with Crippen LogP contribution in [0.15, 0.2) is 33.4 Å². The van der Waals surface area contributed by atoms with Crippen molar-refractivity contribution >= 4 is 45.0 Å². The predicted octanol–water partition coefficient (Wildman–Crippen LogP) is 2.85. The molecule has 9 heteroatoms. The van der Waals surface area contributed by atoms with Gasteiger partial charge in [0.05, 0.1) is 10.9 Å². The second-order valence-corrected chi connectivity index (χ2v) is 7.73. The van der Waals surface area contributed by atoms with Crippen LogP contribution in [0.5, 0.6) is 0 Å². The Morgan fingerprint density at radius 1 is 1.32 bits per heavy atom. The summed E-state index contributed by atoms with van der Waals surface area (Å²) in [5, 5.41) is 11.8. The first-order chi connectivity index (χ1) is 12.2. The Kier molecular flexibility index (Phi) is 5.77. The van der Waals surface area contributed by atoms with Gasteiger partial charge in [0.1, 0.15) is 5.82 Å². The summed E-state index contributed by atoms with van der Waals surface area (Å²) >= 11 is 2.96. The number of rotatable bonds is 7. The third-order valence-electron chi connectivity index (χ3n) is 3.40. The summed E-state index contributed by atoms with van der Waals surface area (Å²) in [6.45, 7) is 2.04. The number of aromatic amines is 1. The quantitative estimate of drug-likeness (QED) is 0.486. The summed E-state index contributed by atoms with van der Waals surface area (Å²) in [5.74, 6) is 1.39. The highest BCUT2D eigenvalue weighted by molar-refractivity contribution is 8.01. The molecule has 0 aliphatic rings. The molecule has 0 saturated heterocycles. The number of aromatic nitrogens is 4. The van der Waals surface area contributed by atoms with Gasteiger partial charge >= 0.3 is 0 Å². The predicted molar refractivity (Wildman–Crippen MR) is 100 cm³/mol. The van der Waals surface area contributed by atoms with E-state index in [4.69, 9.17) is 0 Å². The first kappa shape index (κ1) is 17.6. The first-order valence-corrected chi connectivity index (χ1v) is 9.70. The van der Waals surface area contributed by atoms with Crippen molar-refractivity contribution in [3.05, 3.63) is 40.4 Å². The van der Waals surface area contributed by atoms with Gasteiger partial charge in [-0.1, -0.05) is 42.2 Å². The number of anilines is 1. The zero-order chi connectivity index (χ0) is 17.6. The number of aryl methyl sites for hydroxylation is 1. The number of carbonyl (C=O) groups excluding carboxylic acids is 1. The normalized spacial score (nSPS) is 10.9. The molecule has 0 bridgehead atoms. The molecule has 0 fully saturated rings. The Morgan fingerprint density at radius 2 is 2.16 bits per heavy atom. The van der Waals surface area contributed by atoms with Crippen molar-refractivity contribution in [2.24, 2.45) is 0 Å². The highest BCUT2D eigenvalue weighted by Gasteiger charge is 2.09.